The van der Waals surface area contributed by atoms with E-state index in [4.69, 9.17) is 11.6 Å². The number of nitrogens with zero attached hydrogens (tertiary/aromatic N) is 2. The summed E-state index contributed by atoms with van der Waals surface area (Å²) < 4.78 is 25.0. The van der Waals surface area contributed by atoms with Gasteiger partial charge in [0.2, 0.25) is 10.0 Å². The number of aromatic nitrogens is 1. The van der Waals surface area contributed by atoms with Gasteiger partial charge in [-0.2, -0.15) is 0 Å². The van der Waals surface area contributed by atoms with Gasteiger partial charge < -0.3 is 0 Å². The lowest BCUT2D eigenvalue weighted by atomic mass is 10.2. The Morgan fingerprint density at radius 2 is 1.90 bits per heavy atom. The summed E-state index contributed by atoms with van der Waals surface area (Å²) in [6.45, 7) is 0. The Hall–Kier alpha value is -1.08. The standard InChI is InChI=1S/C14H15ClN2O2S2/c1-17(2)21(18,19)12-7-8-14(16-9-12)20-10-11-5-3-4-6-13(11)15/h3-9H,10H2,1-2H3. The zero-order valence-electron chi connectivity index (χ0n) is 11.7. The highest BCUT2D eigenvalue weighted by atomic mass is 35.5. The van der Waals surface area contributed by atoms with E-state index in [0.717, 1.165) is 15.6 Å². The zero-order valence-corrected chi connectivity index (χ0v) is 14.0. The summed E-state index contributed by atoms with van der Waals surface area (Å²) in [5, 5.41) is 1.48. The fourth-order valence-corrected chi connectivity index (χ4v) is 3.56. The number of thioether (sulfide) groups is 1. The fourth-order valence-electron chi connectivity index (χ4n) is 1.58. The molecule has 2 aromatic rings. The molecule has 21 heavy (non-hydrogen) atoms. The molecule has 112 valence electrons. The number of halogens is 1. The molecule has 4 nitrogen and oxygen atoms in total. The molecule has 0 radical (unpaired) electrons. The smallest absolute Gasteiger partial charge is 0.244 e. The van der Waals surface area contributed by atoms with Crippen molar-refractivity contribution in [1.29, 1.82) is 0 Å². The van der Waals surface area contributed by atoms with E-state index in [1.807, 2.05) is 24.3 Å². The molecule has 0 aliphatic rings. The van der Waals surface area contributed by atoms with E-state index in [9.17, 15) is 8.42 Å². The highest BCUT2D eigenvalue weighted by Gasteiger charge is 2.17. The van der Waals surface area contributed by atoms with Crippen LogP contribution in [0.5, 0.6) is 0 Å². The Morgan fingerprint density at radius 1 is 1.19 bits per heavy atom. The van der Waals surface area contributed by atoms with E-state index in [-0.39, 0.29) is 4.90 Å². The minimum absolute atomic E-state index is 0.189. The van der Waals surface area contributed by atoms with E-state index in [1.165, 1.54) is 36.4 Å². The number of hydrogen-bond acceptors (Lipinski definition) is 4. The predicted molar refractivity (Wildman–Crippen MR) is 86.1 cm³/mol. The molecule has 7 heteroatoms. The van der Waals surface area contributed by atoms with Gasteiger partial charge in [0.1, 0.15) is 4.90 Å². The van der Waals surface area contributed by atoms with Gasteiger partial charge in [0, 0.05) is 31.1 Å². The van der Waals surface area contributed by atoms with Crippen LogP contribution in [0.1, 0.15) is 5.56 Å². The lowest BCUT2D eigenvalue weighted by molar-refractivity contribution is 0.520. The monoisotopic (exact) mass is 342 g/mol. The first-order valence-corrected chi connectivity index (χ1v) is 8.96. The van der Waals surface area contributed by atoms with Crippen molar-refractivity contribution in [1.82, 2.24) is 9.29 Å². The van der Waals surface area contributed by atoms with Crippen LogP contribution in [0.4, 0.5) is 0 Å². The highest BCUT2D eigenvalue weighted by Crippen LogP contribution is 2.26. The molecular formula is C14H15ClN2O2S2. The Morgan fingerprint density at radius 3 is 2.48 bits per heavy atom. The predicted octanol–water partition coefficient (Wildman–Crippen LogP) is 3.28. The Bertz CT molecular complexity index is 716. The van der Waals surface area contributed by atoms with Gasteiger partial charge in [0.15, 0.2) is 0 Å². The SMILES string of the molecule is CN(C)S(=O)(=O)c1ccc(SCc2ccccc2Cl)nc1. The first-order valence-electron chi connectivity index (χ1n) is 6.16. The van der Waals surface area contributed by atoms with Gasteiger partial charge in [-0.1, -0.05) is 29.8 Å². The molecule has 2 rings (SSSR count). The van der Waals surface area contributed by atoms with E-state index in [0.29, 0.717) is 5.75 Å². The normalized spacial score (nSPS) is 11.8. The third kappa shape index (κ3) is 3.97. The molecule has 0 aliphatic carbocycles. The molecule has 0 fully saturated rings. The lowest BCUT2D eigenvalue weighted by Gasteiger charge is -2.11. The largest absolute Gasteiger partial charge is 0.249 e. The second-order valence-corrected chi connectivity index (χ2v) is 8.05. The quantitative estimate of drug-likeness (QED) is 0.782. The summed E-state index contributed by atoms with van der Waals surface area (Å²) in [6, 6.07) is 10.9. The lowest BCUT2D eigenvalue weighted by Crippen LogP contribution is -2.22. The van der Waals surface area contributed by atoms with Crippen LogP contribution in [0.15, 0.2) is 52.5 Å². The Balaban J connectivity index is 2.09. The zero-order chi connectivity index (χ0) is 15.5. The summed E-state index contributed by atoms with van der Waals surface area (Å²) in [7, 11) is -0.436. The van der Waals surface area contributed by atoms with Crippen LogP contribution >= 0.6 is 23.4 Å². The third-order valence-electron chi connectivity index (χ3n) is 2.82. The van der Waals surface area contributed by atoms with Crippen LogP contribution < -0.4 is 0 Å². The minimum Gasteiger partial charge on any atom is -0.249 e. The van der Waals surface area contributed by atoms with Crippen LogP contribution in [0.2, 0.25) is 5.02 Å². The Kier molecular flexibility index (Phi) is 5.27. The molecule has 0 atom stereocenters. The minimum atomic E-state index is -3.43. The van der Waals surface area contributed by atoms with Gasteiger partial charge in [0.25, 0.3) is 0 Å². The fraction of sp³-hybridized carbons (Fsp3) is 0.214. The van der Waals surface area contributed by atoms with Crippen molar-refractivity contribution < 1.29 is 8.42 Å². The summed E-state index contributed by atoms with van der Waals surface area (Å²) >= 11 is 7.60. The number of benzene rings is 1. The van der Waals surface area contributed by atoms with Gasteiger partial charge in [-0.05, 0) is 23.8 Å². The van der Waals surface area contributed by atoms with Crippen molar-refractivity contribution in [3.63, 3.8) is 0 Å². The molecule has 0 amide bonds. The van der Waals surface area contributed by atoms with E-state index < -0.39 is 10.0 Å². The summed E-state index contributed by atoms with van der Waals surface area (Å²) in [4.78, 5) is 4.38. The molecule has 1 aromatic carbocycles. The van der Waals surface area contributed by atoms with Crippen molar-refractivity contribution >= 4 is 33.4 Å². The molecule has 0 N–H and O–H groups in total. The number of rotatable bonds is 5. The first-order chi connectivity index (χ1) is 9.91. The van der Waals surface area contributed by atoms with E-state index in [2.05, 4.69) is 4.98 Å². The molecule has 0 aliphatic heterocycles. The average Bonchev–Trinajstić information content (AvgIpc) is 2.46. The van der Waals surface area contributed by atoms with Crippen molar-refractivity contribution in [2.75, 3.05) is 14.1 Å². The number of sulfonamides is 1. The molecule has 0 saturated carbocycles. The molecule has 0 unspecified atom stereocenters. The van der Waals surface area contributed by atoms with Crippen LogP contribution in [-0.2, 0) is 15.8 Å². The summed E-state index contributed by atoms with van der Waals surface area (Å²) in [5.41, 5.74) is 1.02. The van der Waals surface area contributed by atoms with Crippen molar-refractivity contribution in [2.24, 2.45) is 0 Å². The molecule has 0 saturated heterocycles. The van der Waals surface area contributed by atoms with Gasteiger partial charge in [0.05, 0.1) is 5.03 Å². The van der Waals surface area contributed by atoms with Gasteiger partial charge in [-0.15, -0.1) is 11.8 Å². The molecule has 1 heterocycles. The number of hydrogen-bond donors (Lipinski definition) is 0. The topological polar surface area (TPSA) is 50.3 Å². The Labute approximate surface area is 134 Å². The molecule has 0 spiro atoms. The van der Waals surface area contributed by atoms with Gasteiger partial charge >= 0.3 is 0 Å². The maximum Gasteiger partial charge on any atom is 0.244 e. The summed E-state index contributed by atoms with van der Waals surface area (Å²) in [6.07, 6.45) is 1.38. The molecule has 0 bridgehead atoms. The van der Waals surface area contributed by atoms with Gasteiger partial charge in [-0.3, -0.25) is 0 Å². The van der Waals surface area contributed by atoms with Gasteiger partial charge in [-0.25, -0.2) is 17.7 Å². The van der Waals surface area contributed by atoms with E-state index >= 15 is 0 Å². The van der Waals surface area contributed by atoms with Crippen molar-refractivity contribution in [3.8, 4) is 0 Å². The van der Waals surface area contributed by atoms with Crippen LogP contribution in [0.25, 0.3) is 0 Å². The first kappa shape index (κ1) is 16.3. The second-order valence-electron chi connectivity index (χ2n) is 4.50. The summed E-state index contributed by atoms with van der Waals surface area (Å²) in [5.74, 6) is 0.687. The highest BCUT2D eigenvalue weighted by molar-refractivity contribution is 7.98. The van der Waals surface area contributed by atoms with Crippen LogP contribution in [-0.4, -0.2) is 31.8 Å². The maximum absolute atomic E-state index is 11.9. The molecule has 1 aromatic heterocycles. The van der Waals surface area contributed by atoms with E-state index in [1.54, 1.807) is 12.1 Å². The van der Waals surface area contributed by atoms with Crippen LogP contribution in [0, 0.1) is 0 Å². The second kappa shape index (κ2) is 6.79. The number of pyridine rings is 1. The average molecular weight is 343 g/mol. The maximum atomic E-state index is 11.9. The van der Waals surface area contributed by atoms with Crippen LogP contribution in [0.3, 0.4) is 0 Å². The molecular weight excluding hydrogens is 328 g/mol. The van der Waals surface area contributed by atoms with Crippen molar-refractivity contribution in [2.45, 2.75) is 15.7 Å². The third-order valence-corrected chi connectivity index (χ3v) is 5.98. The van der Waals surface area contributed by atoms with Crippen molar-refractivity contribution in [3.05, 3.63) is 53.2 Å².